The number of nitrogens with two attached hydrogens (primary N) is 1. The number of benzene rings is 2. The lowest BCUT2D eigenvalue weighted by molar-refractivity contribution is 0.0997. The predicted octanol–water partition coefficient (Wildman–Crippen LogP) is 4.37. The molecule has 0 saturated carbocycles. The van der Waals surface area contributed by atoms with Gasteiger partial charge in [0.1, 0.15) is 11.5 Å². The molecule has 1 aliphatic rings. The minimum Gasteiger partial charge on any atom is -0.365 e. The molecule has 160 valence electrons. The van der Waals surface area contributed by atoms with Crippen molar-refractivity contribution in [3.63, 3.8) is 0 Å². The Bertz CT molecular complexity index is 1170. The second-order valence-electron chi connectivity index (χ2n) is 6.96. The van der Waals surface area contributed by atoms with Crippen LogP contribution < -0.4 is 11.1 Å². The lowest BCUT2D eigenvalue weighted by atomic mass is 10.1. The lowest BCUT2D eigenvalue weighted by Gasteiger charge is -2.30. The highest BCUT2D eigenvalue weighted by Crippen LogP contribution is 2.38. The van der Waals surface area contributed by atoms with Crippen LogP contribution in [0.25, 0.3) is 11.3 Å². The molecule has 4 rings (SSSR count). The zero-order chi connectivity index (χ0) is 22.3. The first kappa shape index (κ1) is 20.8. The molecule has 0 unspecified atom stereocenters. The number of urea groups is 1. The van der Waals surface area contributed by atoms with Crippen LogP contribution >= 0.6 is 11.6 Å². The van der Waals surface area contributed by atoms with Crippen LogP contribution in [0, 0.1) is 17.5 Å². The average molecular weight is 449 g/mol. The van der Waals surface area contributed by atoms with Gasteiger partial charge >= 0.3 is 6.03 Å². The molecule has 0 bridgehead atoms. The third-order valence-electron chi connectivity index (χ3n) is 5.07. The molecular weight excluding hydrogens is 433 g/mol. The first-order valence-electron chi connectivity index (χ1n) is 9.24. The van der Waals surface area contributed by atoms with Crippen molar-refractivity contribution in [1.29, 1.82) is 0 Å². The summed E-state index contributed by atoms with van der Waals surface area (Å²) in [6.07, 6.45) is 0. The second kappa shape index (κ2) is 7.99. The van der Waals surface area contributed by atoms with Crippen molar-refractivity contribution in [3.05, 3.63) is 76.2 Å². The van der Waals surface area contributed by atoms with E-state index in [2.05, 4.69) is 5.32 Å². The fourth-order valence-electron chi connectivity index (χ4n) is 3.68. The van der Waals surface area contributed by atoms with Gasteiger partial charge in [0.2, 0.25) is 0 Å². The summed E-state index contributed by atoms with van der Waals surface area (Å²) in [5.41, 5.74) is 6.65. The van der Waals surface area contributed by atoms with Gasteiger partial charge in [-0.2, -0.15) is 0 Å². The van der Waals surface area contributed by atoms with E-state index in [9.17, 15) is 22.8 Å². The monoisotopic (exact) mass is 448 g/mol. The van der Waals surface area contributed by atoms with E-state index in [-0.39, 0.29) is 30.2 Å². The Morgan fingerprint density at radius 1 is 1.03 bits per heavy atom. The number of hydrogen-bond acceptors (Lipinski definition) is 2. The van der Waals surface area contributed by atoms with E-state index in [1.807, 2.05) is 30.3 Å². The minimum atomic E-state index is -1.24. The number of nitrogens with one attached hydrogen (secondary N) is 1. The van der Waals surface area contributed by atoms with Gasteiger partial charge in [0.05, 0.1) is 28.5 Å². The van der Waals surface area contributed by atoms with Crippen molar-refractivity contribution < 1.29 is 22.8 Å². The Hall–Kier alpha value is -3.46. The standard InChI is InChI=1S/C21H16ClF3N4O2/c22-17-16(20(26)30)15-10-28(6-7-29(15)19(17)11-4-2-1-3-5-11)21(31)27-18-13(24)8-12(23)9-14(18)25/h1-5,8-9H,6-7,10H2,(H2,26,30)(H,27,31). The molecule has 0 atom stereocenters. The molecule has 6 nitrogen and oxygen atoms in total. The first-order chi connectivity index (χ1) is 14.8. The van der Waals surface area contributed by atoms with E-state index in [1.54, 1.807) is 4.57 Å². The summed E-state index contributed by atoms with van der Waals surface area (Å²) in [5, 5.41) is 2.29. The van der Waals surface area contributed by atoms with Crippen molar-refractivity contribution in [2.75, 3.05) is 11.9 Å². The highest BCUT2D eigenvalue weighted by molar-refractivity contribution is 6.36. The fourth-order valence-corrected chi connectivity index (χ4v) is 4.09. The summed E-state index contributed by atoms with van der Waals surface area (Å²) in [7, 11) is 0. The predicted molar refractivity (Wildman–Crippen MR) is 109 cm³/mol. The molecule has 31 heavy (non-hydrogen) atoms. The van der Waals surface area contributed by atoms with E-state index in [0.717, 1.165) is 5.56 Å². The average Bonchev–Trinajstić information content (AvgIpc) is 3.02. The van der Waals surface area contributed by atoms with Gasteiger partial charge in [-0.1, -0.05) is 41.9 Å². The molecule has 3 amide bonds. The highest BCUT2D eigenvalue weighted by Gasteiger charge is 2.32. The van der Waals surface area contributed by atoms with Gasteiger partial charge in [-0.05, 0) is 5.56 Å². The van der Waals surface area contributed by atoms with E-state index in [1.165, 1.54) is 4.90 Å². The quantitative estimate of drug-likeness (QED) is 0.624. The van der Waals surface area contributed by atoms with Crippen molar-refractivity contribution >= 4 is 29.2 Å². The van der Waals surface area contributed by atoms with Gasteiger partial charge in [0.15, 0.2) is 11.6 Å². The maximum absolute atomic E-state index is 13.9. The van der Waals surface area contributed by atoms with E-state index in [4.69, 9.17) is 17.3 Å². The molecule has 0 radical (unpaired) electrons. The molecule has 3 aromatic rings. The second-order valence-corrected chi connectivity index (χ2v) is 7.34. The number of aromatic nitrogens is 1. The Morgan fingerprint density at radius 3 is 2.29 bits per heavy atom. The van der Waals surface area contributed by atoms with Crippen LogP contribution in [-0.4, -0.2) is 28.0 Å². The number of anilines is 1. The number of fused-ring (bicyclic) bond motifs is 1. The summed E-state index contributed by atoms with van der Waals surface area (Å²) in [6, 6.07) is 9.27. The molecule has 0 aliphatic carbocycles. The smallest absolute Gasteiger partial charge is 0.322 e. The van der Waals surface area contributed by atoms with E-state index in [0.29, 0.717) is 23.5 Å². The summed E-state index contributed by atoms with van der Waals surface area (Å²) >= 11 is 6.49. The number of nitrogens with zero attached hydrogens (tertiary/aromatic N) is 2. The lowest BCUT2D eigenvalue weighted by Crippen LogP contribution is -2.41. The molecule has 2 heterocycles. The number of halogens is 4. The van der Waals surface area contributed by atoms with Crippen LogP contribution in [-0.2, 0) is 13.1 Å². The van der Waals surface area contributed by atoms with Crippen molar-refractivity contribution in [2.45, 2.75) is 13.1 Å². The molecule has 0 fully saturated rings. The van der Waals surface area contributed by atoms with Crippen LogP contribution in [0.4, 0.5) is 23.7 Å². The van der Waals surface area contributed by atoms with Gasteiger partial charge in [-0.3, -0.25) is 4.79 Å². The zero-order valence-corrected chi connectivity index (χ0v) is 16.7. The van der Waals surface area contributed by atoms with E-state index < -0.39 is 35.1 Å². The van der Waals surface area contributed by atoms with Crippen molar-refractivity contribution in [3.8, 4) is 11.3 Å². The largest absolute Gasteiger partial charge is 0.365 e. The third kappa shape index (κ3) is 3.72. The Balaban J connectivity index is 1.67. The first-order valence-corrected chi connectivity index (χ1v) is 9.62. The highest BCUT2D eigenvalue weighted by atomic mass is 35.5. The van der Waals surface area contributed by atoms with Gasteiger partial charge < -0.3 is 20.5 Å². The molecule has 1 aliphatic heterocycles. The van der Waals surface area contributed by atoms with Crippen LogP contribution in [0.1, 0.15) is 16.1 Å². The van der Waals surface area contributed by atoms with Crippen LogP contribution in [0.5, 0.6) is 0 Å². The summed E-state index contributed by atoms with van der Waals surface area (Å²) < 4.78 is 42.7. The Labute approximate surface area is 180 Å². The van der Waals surface area contributed by atoms with E-state index >= 15 is 0 Å². The number of rotatable bonds is 3. The van der Waals surface area contributed by atoms with Gasteiger partial charge in [-0.15, -0.1) is 0 Å². The number of primary amides is 1. The summed E-state index contributed by atoms with van der Waals surface area (Å²) in [5.74, 6) is -4.33. The molecule has 10 heteroatoms. The van der Waals surface area contributed by atoms with Gasteiger partial charge in [0.25, 0.3) is 5.91 Å². The Kier molecular flexibility index (Phi) is 5.36. The number of hydrogen-bond donors (Lipinski definition) is 2. The number of carbonyl (C=O) groups is 2. The number of amides is 3. The SMILES string of the molecule is NC(=O)c1c(Cl)c(-c2ccccc2)n2c1CN(C(=O)Nc1c(F)cc(F)cc1F)CC2. The van der Waals surface area contributed by atoms with Crippen LogP contribution in [0.15, 0.2) is 42.5 Å². The fraction of sp³-hybridized carbons (Fsp3) is 0.143. The molecule has 0 spiro atoms. The molecular formula is C21H16ClF3N4O2. The minimum absolute atomic E-state index is 0.0684. The van der Waals surface area contributed by atoms with Gasteiger partial charge in [-0.25, -0.2) is 18.0 Å². The topological polar surface area (TPSA) is 80.4 Å². The van der Waals surface area contributed by atoms with Gasteiger partial charge in [0, 0.05) is 25.2 Å². The molecule has 3 N–H and O–H groups in total. The van der Waals surface area contributed by atoms with Crippen LogP contribution in [0.2, 0.25) is 5.02 Å². The Morgan fingerprint density at radius 2 is 1.68 bits per heavy atom. The normalized spacial score (nSPS) is 13.1. The number of carbonyl (C=O) groups excluding carboxylic acids is 2. The zero-order valence-electron chi connectivity index (χ0n) is 16.0. The van der Waals surface area contributed by atoms with Crippen molar-refractivity contribution in [2.24, 2.45) is 5.73 Å². The maximum atomic E-state index is 13.9. The maximum Gasteiger partial charge on any atom is 0.322 e. The summed E-state index contributed by atoms with van der Waals surface area (Å²) in [6.45, 7) is 0.377. The van der Waals surface area contributed by atoms with Crippen molar-refractivity contribution in [1.82, 2.24) is 9.47 Å². The molecule has 1 aromatic heterocycles. The molecule has 2 aromatic carbocycles. The summed E-state index contributed by atoms with van der Waals surface area (Å²) in [4.78, 5) is 26.0. The third-order valence-corrected chi connectivity index (χ3v) is 5.43. The molecule has 0 saturated heterocycles. The van der Waals surface area contributed by atoms with Crippen LogP contribution in [0.3, 0.4) is 0 Å².